The second kappa shape index (κ2) is 9.32. The molecule has 0 spiro atoms. The third-order valence-corrected chi connectivity index (χ3v) is 5.39. The Morgan fingerprint density at radius 2 is 2.09 bits per heavy atom. The molecular weight excluding hydrogens is 340 g/mol. The van der Waals surface area contributed by atoms with Gasteiger partial charge in [-0.05, 0) is 50.4 Å². The van der Waals surface area contributed by atoms with E-state index < -0.39 is 10.0 Å². The Hall–Kier alpha value is -1.02. The fourth-order valence-electron chi connectivity index (χ4n) is 2.64. The molecule has 0 bridgehead atoms. The summed E-state index contributed by atoms with van der Waals surface area (Å²) in [6, 6.07) is 4.74. The normalized spacial score (nSPS) is 18.1. The molecule has 0 radical (unpaired) electrons. The molecule has 8 heteroatoms. The molecule has 1 saturated heterocycles. The molecule has 1 aliphatic heterocycles. The molecule has 1 atom stereocenters. The van der Waals surface area contributed by atoms with Crippen LogP contribution in [0.3, 0.4) is 0 Å². The Labute approximate surface area is 144 Å². The predicted molar refractivity (Wildman–Crippen MR) is 92.2 cm³/mol. The first-order valence-corrected chi connectivity index (χ1v) is 8.97. The molecule has 23 heavy (non-hydrogen) atoms. The van der Waals surface area contributed by atoms with Crippen LogP contribution in [0.2, 0.25) is 0 Å². The number of hydrogen-bond acceptors (Lipinski definition) is 5. The second-order valence-corrected chi connectivity index (χ2v) is 7.15. The van der Waals surface area contributed by atoms with Crippen molar-refractivity contribution in [2.45, 2.75) is 24.2 Å². The van der Waals surface area contributed by atoms with Crippen molar-refractivity contribution in [2.75, 3.05) is 33.9 Å². The number of halogens is 1. The number of methoxy groups -OCH3 is 2. The average molecular weight is 365 g/mol. The molecule has 0 saturated carbocycles. The molecule has 1 aromatic rings. The van der Waals surface area contributed by atoms with Crippen molar-refractivity contribution in [3.8, 4) is 11.5 Å². The van der Waals surface area contributed by atoms with Crippen LogP contribution in [-0.2, 0) is 10.0 Å². The Morgan fingerprint density at radius 3 is 2.70 bits per heavy atom. The van der Waals surface area contributed by atoms with Gasteiger partial charge in [0.1, 0.15) is 16.4 Å². The molecule has 132 valence electrons. The highest BCUT2D eigenvalue weighted by Gasteiger charge is 2.21. The number of piperidine rings is 1. The molecular formula is C15H25ClN2O4S. The van der Waals surface area contributed by atoms with Gasteiger partial charge in [0.15, 0.2) is 0 Å². The van der Waals surface area contributed by atoms with Crippen LogP contribution < -0.4 is 19.5 Å². The van der Waals surface area contributed by atoms with Gasteiger partial charge in [0.2, 0.25) is 10.0 Å². The van der Waals surface area contributed by atoms with E-state index in [0.717, 1.165) is 32.4 Å². The van der Waals surface area contributed by atoms with Crippen LogP contribution in [0.15, 0.2) is 23.1 Å². The minimum Gasteiger partial charge on any atom is -0.497 e. The van der Waals surface area contributed by atoms with Gasteiger partial charge in [-0.1, -0.05) is 0 Å². The summed E-state index contributed by atoms with van der Waals surface area (Å²) in [4.78, 5) is 0.108. The smallest absolute Gasteiger partial charge is 0.244 e. The van der Waals surface area contributed by atoms with Gasteiger partial charge in [0.25, 0.3) is 0 Å². The summed E-state index contributed by atoms with van der Waals surface area (Å²) < 4.78 is 37.8. The first-order chi connectivity index (χ1) is 10.6. The van der Waals surface area contributed by atoms with Gasteiger partial charge >= 0.3 is 0 Å². The number of hydrogen-bond donors (Lipinski definition) is 2. The first-order valence-electron chi connectivity index (χ1n) is 7.49. The molecule has 0 aliphatic carbocycles. The van der Waals surface area contributed by atoms with Crippen LogP contribution >= 0.6 is 12.4 Å². The van der Waals surface area contributed by atoms with E-state index in [9.17, 15) is 8.42 Å². The number of ether oxygens (including phenoxy) is 2. The van der Waals surface area contributed by atoms with Gasteiger partial charge < -0.3 is 14.8 Å². The van der Waals surface area contributed by atoms with E-state index in [-0.39, 0.29) is 17.3 Å². The molecule has 1 heterocycles. The van der Waals surface area contributed by atoms with Crippen LogP contribution in [0, 0.1) is 5.92 Å². The van der Waals surface area contributed by atoms with Crippen molar-refractivity contribution in [3.05, 3.63) is 18.2 Å². The second-order valence-electron chi connectivity index (χ2n) is 5.42. The molecule has 1 aromatic carbocycles. The van der Waals surface area contributed by atoms with Crippen molar-refractivity contribution in [1.82, 2.24) is 10.0 Å². The summed E-state index contributed by atoms with van der Waals surface area (Å²) in [6.45, 7) is 2.45. The van der Waals surface area contributed by atoms with Crippen LogP contribution in [0.5, 0.6) is 11.5 Å². The molecule has 0 aromatic heterocycles. The predicted octanol–water partition coefficient (Wildman–Crippen LogP) is 1.79. The van der Waals surface area contributed by atoms with Crippen LogP contribution in [0.1, 0.15) is 19.3 Å². The van der Waals surface area contributed by atoms with Gasteiger partial charge in [-0.3, -0.25) is 0 Å². The largest absolute Gasteiger partial charge is 0.497 e. The van der Waals surface area contributed by atoms with Crippen molar-refractivity contribution >= 4 is 22.4 Å². The van der Waals surface area contributed by atoms with Gasteiger partial charge in [-0.25, -0.2) is 13.1 Å². The maximum absolute atomic E-state index is 12.5. The lowest BCUT2D eigenvalue weighted by Crippen LogP contribution is -2.33. The fraction of sp³-hybridized carbons (Fsp3) is 0.600. The van der Waals surface area contributed by atoms with Crippen LogP contribution in [0.4, 0.5) is 0 Å². The highest BCUT2D eigenvalue weighted by atomic mass is 35.5. The molecule has 1 fully saturated rings. The van der Waals surface area contributed by atoms with Gasteiger partial charge in [0.05, 0.1) is 14.2 Å². The van der Waals surface area contributed by atoms with Crippen molar-refractivity contribution in [3.63, 3.8) is 0 Å². The van der Waals surface area contributed by atoms with Crippen LogP contribution in [-0.4, -0.2) is 42.3 Å². The maximum atomic E-state index is 12.5. The summed E-state index contributed by atoms with van der Waals surface area (Å²) >= 11 is 0. The monoisotopic (exact) mass is 364 g/mol. The highest BCUT2D eigenvalue weighted by molar-refractivity contribution is 7.89. The Morgan fingerprint density at radius 1 is 1.30 bits per heavy atom. The minimum absolute atomic E-state index is 0. The third-order valence-electron chi connectivity index (χ3n) is 3.90. The lowest BCUT2D eigenvalue weighted by molar-refractivity contribution is 0.358. The van der Waals surface area contributed by atoms with Crippen molar-refractivity contribution < 1.29 is 17.9 Å². The first kappa shape index (κ1) is 20.0. The van der Waals surface area contributed by atoms with Gasteiger partial charge in [-0.15, -0.1) is 12.4 Å². The average Bonchev–Trinajstić information content (AvgIpc) is 2.55. The van der Waals surface area contributed by atoms with Crippen LogP contribution in [0.25, 0.3) is 0 Å². The third kappa shape index (κ3) is 5.53. The topological polar surface area (TPSA) is 76.7 Å². The number of rotatable bonds is 7. The highest BCUT2D eigenvalue weighted by Crippen LogP contribution is 2.28. The zero-order valence-corrected chi connectivity index (χ0v) is 15.1. The van der Waals surface area contributed by atoms with E-state index in [1.807, 2.05) is 0 Å². The van der Waals surface area contributed by atoms with Crippen molar-refractivity contribution in [1.29, 1.82) is 0 Å². The number of sulfonamides is 1. The summed E-state index contributed by atoms with van der Waals surface area (Å²) in [7, 11) is -0.657. The van der Waals surface area contributed by atoms with Crippen molar-refractivity contribution in [2.24, 2.45) is 5.92 Å². The van der Waals surface area contributed by atoms with E-state index in [0.29, 0.717) is 24.0 Å². The molecule has 1 unspecified atom stereocenters. The Balaban J connectivity index is 0.00000264. The SMILES string of the molecule is COc1ccc(OC)c(S(=O)(=O)NCCC2CCCNC2)c1.Cl. The zero-order valence-electron chi connectivity index (χ0n) is 13.5. The van der Waals surface area contributed by atoms with E-state index >= 15 is 0 Å². The van der Waals surface area contributed by atoms with E-state index in [1.165, 1.54) is 20.3 Å². The standard InChI is InChI=1S/C15H24N2O4S.ClH/c1-20-13-5-6-14(21-2)15(10-13)22(18,19)17-9-7-12-4-3-8-16-11-12;/h5-6,10,12,16-17H,3-4,7-9,11H2,1-2H3;1H. The van der Waals surface area contributed by atoms with Gasteiger partial charge in [-0.2, -0.15) is 0 Å². The molecule has 0 amide bonds. The van der Waals surface area contributed by atoms with E-state index in [4.69, 9.17) is 9.47 Å². The summed E-state index contributed by atoms with van der Waals surface area (Å²) in [5, 5.41) is 3.33. The summed E-state index contributed by atoms with van der Waals surface area (Å²) in [6.07, 6.45) is 3.14. The number of nitrogens with one attached hydrogen (secondary N) is 2. The lowest BCUT2D eigenvalue weighted by atomic mass is 9.96. The Bertz CT molecular complexity index is 589. The number of benzene rings is 1. The Kier molecular flexibility index (Phi) is 8.11. The molecule has 2 rings (SSSR count). The molecule has 1 aliphatic rings. The zero-order chi connectivity index (χ0) is 16.0. The minimum atomic E-state index is -3.61. The van der Waals surface area contributed by atoms with E-state index in [2.05, 4.69) is 10.0 Å². The quantitative estimate of drug-likeness (QED) is 0.771. The summed E-state index contributed by atoms with van der Waals surface area (Å²) in [5.41, 5.74) is 0. The fourth-order valence-corrected chi connectivity index (χ4v) is 3.87. The summed E-state index contributed by atoms with van der Waals surface area (Å²) in [5.74, 6) is 1.33. The molecule has 6 nitrogen and oxygen atoms in total. The van der Waals surface area contributed by atoms with E-state index in [1.54, 1.807) is 12.1 Å². The molecule has 2 N–H and O–H groups in total. The maximum Gasteiger partial charge on any atom is 0.244 e. The van der Waals surface area contributed by atoms with Gasteiger partial charge in [0, 0.05) is 12.6 Å². The lowest BCUT2D eigenvalue weighted by Gasteiger charge is -2.22.